The minimum Gasteiger partial charge on any atom is -0.468 e. The van der Waals surface area contributed by atoms with Crippen LogP contribution in [-0.2, 0) is 15.7 Å². The Balaban J connectivity index is 2.22. The number of furan rings is 1. The number of halogens is 3. The third-order valence-corrected chi connectivity index (χ3v) is 2.98. The third kappa shape index (κ3) is 4.28. The summed E-state index contributed by atoms with van der Waals surface area (Å²) in [7, 11) is 1.13. The lowest BCUT2D eigenvalue weighted by atomic mass is 10.1. The van der Waals surface area contributed by atoms with Crippen LogP contribution in [0.15, 0.2) is 41.0 Å². The highest BCUT2D eigenvalue weighted by molar-refractivity contribution is 6.02. The van der Waals surface area contributed by atoms with Crippen LogP contribution in [0.3, 0.4) is 0 Å². The number of anilines is 2. The lowest BCUT2D eigenvalue weighted by Gasteiger charge is -2.15. The van der Waals surface area contributed by atoms with Crippen molar-refractivity contribution in [2.45, 2.75) is 6.18 Å². The van der Waals surface area contributed by atoms with E-state index in [2.05, 4.69) is 15.4 Å². The normalized spacial score (nSPS) is 11.0. The molecule has 1 aromatic carbocycles. The van der Waals surface area contributed by atoms with Gasteiger partial charge in [0.25, 0.3) is 5.91 Å². The van der Waals surface area contributed by atoms with E-state index in [1.807, 2.05) is 0 Å². The van der Waals surface area contributed by atoms with E-state index in [-0.39, 0.29) is 17.1 Å². The van der Waals surface area contributed by atoms with E-state index in [0.717, 1.165) is 19.2 Å². The molecule has 0 atom stereocenters. The maximum Gasteiger partial charge on any atom is 0.418 e. The molecule has 1 aromatic heterocycles. The second-order valence-electron chi connectivity index (χ2n) is 4.62. The number of carbonyl (C=O) groups excluding carboxylic acids is 2. The SMILES string of the molecule is COC(=O)CNc1ccc(NC(=O)c2ccco2)cc1C(F)(F)F. The number of hydrogen-bond donors (Lipinski definition) is 2. The number of hydrogen-bond acceptors (Lipinski definition) is 5. The number of amides is 1. The molecule has 128 valence electrons. The molecule has 6 nitrogen and oxygen atoms in total. The van der Waals surface area contributed by atoms with Gasteiger partial charge in [-0.15, -0.1) is 0 Å². The summed E-state index contributed by atoms with van der Waals surface area (Å²) in [6.45, 7) is -0.419. The molecule has 0 aliphatic carbocycles. The number of methoxy groups -OCH3 is 1. The molecule has 0 radical (unpaired) electrons. The molecule has 1 amide bonds. The fourth-order valence-electron chi connectivity index (χ4n) is 1.85. The third-order valence-electron chi connectivity index (χ3n) is 2.98. The monoisotopic (exact) mass is 342 g/mol. The highest BCUT2D eigenvalue weighted by Crippen LogP contribution is 2.36. The number of carbonyl (C=O) groups is 2. The summed E-state index contributed by atoms with van der Waals surface area (Å²) < 4.78 is 48.7. The average molecular weight is 342 g/mol. The van der Waals surface area contributed by atoms with Crippen LogP contribution in [0.25, 0.3) is 0 Å². The number of nitrogens with one attached hydrogen (secondary N) is 2. The predicted molar refractivity (Wildman–Crippen MR) is 78.6 cm³/mol. The smallest absolute Gasteiger partial charge is 0.418 e. The van der Waals surface area contributed by atoms with E-state index >= 15 is 0 Å². The summed E-state index contributed by atoms with van der Waals surface area (Å²) in [5.74, 6) is -1.42. The van der Waals surface area contributed by atoms with E-state index in [9.17, 15) is 22.8 Å². The van der Waals surface area contributed by atoms with Gasteiger partial charge in [0, 0.05) is 11.4 Å². The van der Waals surface area contributed by atoms with Crippen molar-refractivity contribution in [1.82, 2.24) is 0 Å². The molecular weight excluding hydrogens is 329 g/mol. The van der Waals surface area contributed by atoms with Crippen LogP contribution in [0.2, 0.25) is 0 Å². The van der Waals surface area contributed by atoms with Crippen LogP contribution in [0.1, 0.15) is 16.1 Å². The van der Waals surface area contributed by atoms with Gasteiger partial charge in [0.05, 0.1) is 18.9 Å². The fourth-order valence-corrected chi connectivity index (χ4v) is 1.85. The molecule has 0 fully saturated rings. The van der Waals surface area contributed by atoms with Gasteiger partial charge >= 0.3 is 12.1 Å². The number of ether oxygens (including phenoxy) is 1. The molecule has 0 unspecified atom stereocenters. The lowest BCUT2D eigenvalue weighted by molar-refractivity contribution is -0.139. The minimum absolute atomic E-state index is 0.0311. The molecule has 0 spiro atoms. The van der Waals surface area contributed by atoms with Crippen molar-refractivity contribution in [3.63, 3.8) is 0 Å². The van der Waals surface area contributed by atoms with Gasteiger partial charge in [-0.05, 0) is 30.3 Å². The van der Waals surface area contributed by atoms with Gasteiger partial charge in [-0.2, -0.15) is 13.2 Å². The second-order valence-corrected chi connectivity index (χ2v) is 4.62. The van der Waals surface area contributed by atoms with Crippen LogP contribution < -0.4 is 10.6 Å². The van der Waals surface area contributed by atoms with Gasteiger partial charge in [0.1, 0.15) is 6.54 Å². The summed E-state index contributed by atoms with van der Waals surface area (Å²) in [5, 5.41) is 4.66. The summed E-state index contributed by atoms with van der Waals surface area (Å²) >= 11 is 0. The van der Waals surface area contributed by atoms with E-state index in [1.54, 1.807) is 0 Å². The number of esters is 1. The molecule has 1 heterocycles. The molecule has 0 aliphatic rings. The van der Waals surface area contributed by atoms with Crippen molar-refractivity contribution in [1.29, 1.82) is 0 Å². The van der Waals surface area contributed by atoms with Crippen LogP contribution in [0, 0.1) is 0 Å². The molecule has 24 heavy (non-hydrogen) atoms. The lowest BCUT2D eigenvalue weighted by Crippen LogP contribution is -2.19. The zero-order chi connectivity index (χ0) is 17.7. The van der Waals surface area contributed by atoms with Gasteiger partial charge in [-0.3, -0.25) is 9.59 Å². The predicted octanol–water partition coefficient (Wildman–Crippen LogP) is 3.14. The van der Waals surface area contributed by atoms with Crippen molar-refractivity contribution in [3.05, 3.63) is 47.9 Å². The Bertz CT molecular complexity index is 727. The van der Waals surface area contributed by atoms with E-state index in [0.29, 0.717) is 0 Å². The molecule has 0 saturated heterocycles. The Morgan fingerprint density at radius 2 is 2.00 bits per heavy atom. The van der Waals surface area contributed by atoms with Gasteiger partial charge in [0.2, 0.25) is 0 Å². The van der Waals surface area contributed by atoms with Crippen LogP contribution in [-0.4, -0.2) is 25.5 Å². The second kappa shape index (κ2) is 7.07. The Labute approximate surface area is 134 Å². The first-order chi connectivity index (χ1) is 11.3. The standard InChI is InChI=1S/C15H13F3N2O4/c1-23-13(21)8-19-11-5-4-9(7-10(11)15(16,17)18)20-14(22)12-3-2-6-24-12/h2-7,19H,8H2,1H3,(H,20,22). The van der Waals surface area contributed by atoms with Crippen molar-refractivity contribution in [2.24, 2.45) is 0 Å². The van der Waals surface area contributed by atoms with Gasteiger partial charge < -0.3 is 19.8 Å². The van der Waals surface area contributed by atoms with Crippen molar-refractivity contribution in [2.75, 3.05) is 24.3 Å². The fraction of sp³-hybridized carbons (Fsp3) is 0.200. The molecule has 0 bridgehead atoms. The summed E-state index contributed by atoms with van der Waals surface area (Å²) in [5.41, 5.74) is -1.39. The first-order valence-corrected chi connectivity index (χ1v) is 6.68. The summed E-state index contributed by atoms with van der Waals surface area (Å²) in [6, 6.07) is 6.02. The maximum atomic E-state index is 13.2. The topological polar surface area (TPSA) is 80.6 Å². The van der Waals surface area contributed by atoms with Gasteiger partial charge in [-0.25, -0.2) is 0 Å². The first kappa shape index (κ1) is 17.4. The average Bonchev–Trinajstić information content (AvgIpc) is 3.06. The first-order valence-electron chi connectivity index (χ1n) is 6.68. The van der Waals surface area contributed by atoms with Crippen molar-refractivity contribution >= 4 is 23.3 Å². The van der Waals surface area contributed by atoms with Crippen LogP contribution in [0.5, 0.6) is 0 Å². The summed E-state index contributed by atoms with van der Waals surface area (Å²) in [6.07, 6.45) is -3.40. The Morgan fingerprint density at radius 3 is 2.58 bits per heavy atom. The molecule has 2 aromatic rings. The zero-order valence-electron chi connectivity index (χ0n) is 12.4. The highest BCUT2D eigenvalue weighted by atomic mass is 19.4. The Kier molecular flexibility index (Phi) is 5.12. The van der Waals surface area contributed by atoms with Crippen molar-refractivity contribution in [3.8, 4) is 0 Å². The highest BCUT2D eigenvalue weighted by Gasteiger charge is 2.34. The quantitative estimate of drug-likeness (QED) is 0.816. The van der Waals surface area contributed by atoms with E-state index in [4.69, 9.17) is 4.42 Å². The van der Waals surface area contributed by atoms with E-state index < -0.39 is 30.2 Å². The Morgan fingerprint density at radius 1 is 1.25 bits per heavy atom. The zero-order valence-corrected chi connectivity index (χ0v) is 12.4. The Hall–Kier alpha value is -2.97. The minimum atomic E-state index is -4.68. The maximum absolute atomic E-state index is 13.2. The van der Waals surface area contributed by atoms with Gasteiger partial charge in [0.15, 0.2) is 5.76 Å². The molecular formula is C15H13F3N2O4. The van der Waals surface area contributed by atoms with Crippen LogP contribution in [0.4, 0.5) is 24.5 Å². The molecule has 2 N–H and O–H groups in total. The molecule has 0 saturated carbocycles. The van der Waals surface area contributed by atoms with Crippen LogP contribution >= 0.6 is 0 Å². The number of benzene rings is 1. The van der Waals surface area contributed by atoms with Crippen molar-refractivity contribution < 1.29 is 31.9 Å². The summed E-state index contributed by atoms with van der Waals surface area (Å²) in [4.78, 5) is 22.9. The molecule has 2 rings (SSSR count). The number of alkyl halides is 3. The van der Waals surface area contributed by atoms with Gasteiger partial charge in [-0.1, -0.05) is 0 Å². The van der Waals surface area contributed by atoms with E-state index in [1.165, 1.54) is 24.5 Å². The number of rotatable bonds is 5. The molecule has 9 heteroatoms. The largest absolute Gasteiger partial charge is 0.468 e. The molecule has 0 aliphatic heterocycles.